The zero-order valence-corrected chi connectivity index (χ0v) is 40.4. The minimum absolute atomic E-state index is 0.0946. The van der Waals surface area contributed by atoms with E-state index in [-0.39, 0.29) is 12.3 Å². The molecule has 0 spiro atoms. The molecule has 1 aromatic heterocycles. The average molecular weight is 1150 g/mol. The van der Waals surface area contributed by atoms with Gasteiger partial charge in [-0.2, -0.15) is 4.57 Å². The van der Waals surface area contributed by atoms with Crippen LogP contribution in [0.3, 0.4) is 0 Å². The molecule has 0 atom stereocenters. The van der Waals surface area contributed by atoms with Crippen molar-refractivity contribution in [3.63, 3.8) is 0 Å². The fraction of sp³-hybridized carbons (Fsp3) is 0.0169. The molecule has 0 aliphatic carbocycles. The first kappa shape index (κ1) is 56.0. The molecule has 0 saturated carbocycles. The van der Waals surface area contributed by atoms with E-state index in [2.05, 4.69) is 108 Å². The fourth-order valence-corrected chi connectivity index (χ4v) is 10.4. The van der Waals surface area contributed by atoms with Crippen molar-refractivity contribution in [3.8, 4) is 11.3 Å². The zero-order chi connectivity index (χ0) is 59.1. The molecule has 0 fully saturated rings. The Labute approximate surface area is 446 Å². The fourth-order valence-electron chi connectivity index (χ4n) is 10.4. The number of ketones is 1. The molecule has 0 radical (unpaired) electrons. The third kappa shape index (κ3) is 8.53. The number of hydrogen-bond donors (Lipinski definition) is 0. The predicted molar refractivity (Wildman–Crippen MR) is 262 cm³/mol. The van der Waals surface area contributed by atoms with Crippen LogP contribution in [0, 0.1) is 116 Å². The van der Waals surface area contributed by atoms with Gasteiger partial charge in [-0.05, 0) is 62.0 Å². The van der Waals surface area contributed by atoms with Crippen molar-refractivity contribution in [2.75, 3.05) is 0 Å². The van der Waals surface area contributed by atoms with Crippen molar-refractivity contribution >= 4 is 76.9 Å². The van der Waals surface area contributed by atoms with E-state index in [0.717, 1.165) is 27.6 Å². The van der Waals surface area contributed by atoms with Gasteiger partial charge in [-0.1, -0.05) is 97.1 Å². The molecule has 2 nitrogen and oxygen atoms in total. The van der Waals surface area contributed by atoms with E-state index in [0.29, 0.717) is 0 Å². The van der Waals surface area contributed by atoms with Crippen molar-refractivity contribution in [2.24, 2.45) is 0 Å². The number of Topliss-reactive ketones (excluding diaryl/α,β-unsaturated/α-hetero) is 1. The van der Waals surface area contributed by atoms with E-state index in [1.54, 1.807) is 0 Å². The molecule has 10 aromatic carbocycles. The van der Waals surface area contributed by atoms with Crippen molar-refractivity contribution in [1.82, 2.24) is 0 Å². The SMILES string of the molecule is Fc1c(F)c(F)c([B-](c2c(F)c(F)c(F)c(F)c2F)(c2c(F)c(F)c(F)c(F)c2F)c2c(F)c(F)c(F)c(F)c2F)c(F)c1F.O=C(C[n+]1ccc2ccccc2c1-c1c2ccccc2cc2cc3ccccc3cc12)c1ccccc1. The number of halogens is 20. The smallest absolute Gasteiger partial charge is 0.227 e. The van der Waals surface area contributed by atoms with Crippen LogP contribution in [-0.2, 0) is 6.54 Å². The van der Waals surface area contributed by atoms with Gasteiger partial charge in [0, 0.05) is 11.6 Å². The van der Waals surface area contributed by atoms with Crippen LogP contribution in [0.5, 0.6) is 0 Å². The van der Waals surface area contributed by atoms with Gasteiger partial charge in [-0.3, -0.25) is 4.79 Å². The highest BCUT2D eigenvalue weighted by Gasteiger charge is 2.52. The predicted octanol–water partition coefficient (Wildman–Crippen LogP) is 14.0. The summed E-state index contributed by atoms with van der Waals surface area (Å²) in [5, 5.41) is 9.48. The van der Waals surface area contributed by atoms with Crippen LogP contribution in [0.25, 0.3) is 54.3 Å². The first-order valence-electron chi connectivity index (χ1n) is 23.5. The maximum Gasteiger partial charge on any atom is 0.227 e. The zero-order valence-electron chi connectivity index (χ0n) is 40.4. The standard InChI is InChI=1S/C35H24NO.C24BF20/c37-33(25-11-2-1-3-12-25)23-36-19-18-24-10-6-9-17-31(24)35(36)34-30-16-8-7-15-28(30)21-29-20-26-13-4-5-14-27(26)22-32(29)34;26-5-1(6(27)14(35)21(42)13(5)34)25(2-7(28)15(36)22(43)16(37)8(2)29,3-9(30)17(38)23(44)18(39)10(3)31)4-11(32)19(40)24(45)20(41)12(4)33/h1-22H,23H2;/q+1;-1. The number of rotatable bonds is 8. The summed E-state index contributed by atoms with van der Waals surface area (Å²) in [7, 11) is 0. The lowest BCUT2D eigenvalue weighted by atomic mass is 9.12. The topological polar surface area (TPSA) is 20.9 Å². The van der Waals surface area contributed by atoms with E-state index in [9.17, 15) is 57.5 Å². The first-order valence-corrected chi connectivity index (χ1v) is 23.5. The minimum Gasteiger partial charge on any atom is -0.287 e. The van der Waals surface area contributed by atoms with Crippen molar-refractivity contribution in [1.29, 1.82) is 0 Å². The largest absolute Gasteiger partial charge is 0.287 e. The summed E-state index contributed by atoms with van der Waals surface area (Å²) < 4.78 is 296. The Bertz CT molecular complexity index is 4130. The van der Waals surface area contributed by atoms with Gasteiger partial charge < -0.3 is 0 Å². The van der Waals surface area contributed by atoms with Gasteiger partial charge in [-0.15, -0.1) is 21.9 Å². The summed E-state index contributed by atoms with van der Waals surface area (Å²) in [5.74, 6) is -71.3. The van der Waals surface area contributed by atoms with Crippen LogP contribution in [0.1, 0.15) is 10.4 Å². The Morgan fingerprint density at radius 3 is 1.04 bits per heavy atom. The molecule has 0 N–H and O–H groups in total. The number of carbonyl (C=O) groups is 1. The second-order valence-electron chi connectivity index (χ2n) is 18.4. The van der Waals surface area contributed by atoms with Gasteiger partial charge in [-0.25, -0.2) is 87.8 Å². The van der Waals surface area contributed by atoms with E-state index >= 15 is 35.1 Å². The Balaban J connectivity index is 0.000000186. The van der Waals surface area contributed by atoms with E-state index in [1.807, 2.05) is 30.3 Å². The highest BCUT2D eigenvalue weighted by molar-refractivity contribution is 7.20. The molecule has 0 saturated heterocycles. The minimum atomic E-state index is -7.22. The number of aromatic nitrogens is 1. The summed E-state index contributed by atoms with van der Waals surface area (Å²) in [6, 6.07) is 44.1. The summed E-state index contributed by atoms with van der Waals surface area (Å²) >= 11 is 0. The number of pyridine rings is 1. The van der Waals surface area contributed by atoms with Gasteiger partial charge in [0.05, 0.1) is 10.9 Å². The number of benzene rings is 10. The molecule has 0 bridgehead atoms. The Kier molecular flexibility index (Phi) is 14.3. The summed E-state index contributed by atoms with van der Waals surface area (Å²) in [5.41, 5.74) is -11.4. The number of carbonyl (C=O) groups excluding carboxylic acids is 1. The van der Waals surface area contributed by atoms with Crippen LogP contribution >= 0.6 is 0 Å². The lowest BCUT2D eigenvalue weighted by Crippen LogP contribution is -2.81. The van der Waals surface area contributed by atoms with Crippen LogP contribution in [0.15, 0.2) is 134 Å². The van der Waals surface area contributed by atoms with Crippen molar-refractivity contribution < 1.29 is 97.2 Å². The van der Waals surface area contributed by atoms with E-state index in [1.165, 1.54) is 32.3 Å². The molecule has 1 heterocycles. The lowest BCUT2D eigenvalue weighted by molar-refractivity contribution is -0.671. The van der Waals surface area contributed by atoms with Gasteiger partial charge in [0.25, 0.3) is 0 Å². The van der Waals surface area contributed by atoms with E-state index < -0.39 is 144 Å². The summed E-state index contributed by atoms with van der Waals surface area (Å²) in [4.78, 5) is 13.4. The second kappa shape index (κ2) is 21.0. The maximum atomic E-state index is 15.4. The summed E-state index contributed by atoms with van der Waals surface area (Å²) in [6.45, 7) is 0.266. The number of nitrogens with zero attached hydrogens (tertiary/aromatic N) is 1. The third-order valence-electron chi connectivity index (χ3n) is 14.0. The molecule has 11 aromatic rings. The van der Waals surface area contributed by atoms with Gasteiger partial charge in [0.2, 0.25) is 18.0 Å². The Morgan fingerprint density at radius 2 is 0.622 bits per heavy atom. The monoisotopic (exact) mass is 1150 g/mol. The van der Waals surface area contributed by atoms with Gasteiger partial charge in [0.15, 0.2) is 76.0 Å². The van der Waals surface area contributed by atoms with Gasteiger partial charge >= 0.3 is 0 Å². The van der Waals surface area contributed by atoms with Gasteiger partial charge in [0.1, 0.15) is 52.7 Å². The summed E-state index contributed by atoms with van der Waals surface area (Å²) in [6.07, 6.45) is -5.15. The lowest BCUT2D eigenvalue weighted by Gasteiger charge is -2.44. The molecule has 11 rings (SSSR count). The van der Waals surface area contributed by atoms with Crippen LogP contribution in [-0.4, -0.2) is 11.9 Å². The van der Waals surface area contributed by atoms with Crippen LogP contribution in [0.2, 0.25) is 0 Å². The Morgan fingerprint density at radius 1 is 0.305 bits per heavy atom. The van der Waals surface area contributed by atoms with Crippen molar-refractivity contribution in [2.45, 2.75) is 6.54 Å². The number of fused-ring (bicyclic) bond motifs is 4. The van der Waals surface area contributed by atoms with Crippen molar-refractivity contribution in [3.05, 3.63) is 255 Å². The Hall–Kier alpha value is -9.28. The molecule has 0 unspecified atom stereocenters. The maximum absolute atomic E-state index is 15.4. The quantitative estimate of drug-likeness (QED) is 0.0283. The normalized spacial score (nSPS) is 11.8. The first-order chi connectivity index (χ1) is 39.0. The highest BCUT2D eigenvalue weighted by Crippen LogP contribution is 2.40. The van der Waals surface area contributed by atoms with Crippen LogP contribution in [0.4, 0.5) is 87.8 Å². The molecule has 414 valence electrons. The molecule has 0 aliphatic rings. The number of hydrogen-bond acceptors (Lipinski definition) is 1. The highest BCUT2D eigenvalue weighted by atomic mass is 19.2. The van der Waals surface area contributed by atoms with Crippen LogP contribution < -0.4 is 26.4 Å². The molecular weight excluding hydrogens is 1130 g/mol. The third-order valence-corrected chi connectivity index (χ3v) is 14.0. The average Bonchev–Trinajstić information content (AvgIpc) is 1.94. The molecule has 0 aliphatic heterocycles. The molecule has 82 heavy (non-hydrogen) atoms. The molecular formula is C59H24BF20NO. The molecule has 23 heteroatoms. The molecule has 0 amide bonds. The van der Waals surface area contributed by atoms with E-state index in [4.69, 9.17) is 0 Å². The second-order valence-corrected chi connectivity index (χ2v) is 18.4.